The van der Waals surface area contributed by atoms with Crippen molar-refractivity contribution >= 4 is 28.2 Å². The summed E-state index contributed by atoms with van der Waals surface area (Å²) >= 11 is 0. The number of pyridine rings is 1. The van der Waals surface area contributed by atoms with Gasteiger partial charge in [-0.2, -0.15) is 5.10 Å². The molecule has 5 aromatic rings. The number of piperidine rings is 1. The Morgan fingerprint density at radius 3 is 2.41 bits per heavy atom. The number of rotatable bonds is 6. The minimum atomic E-state index is -1.11. The Morgan fingerprint density at radius 1 is 0.957 bits per heavy atom. The number of aromatic nitrogens is 3. The number of benzene rings is 2. The molecule has 0 radical (unpaired) electrons. The van der Waals surface area contributed by atoms with Gasteiger partial charge in [0.2, 0.25) is 0 Å². The Bertz CT molecular complexity index is 1980. The van der Waals surface area contributed by atoms with Gasteiger partial charge in [-0.05, 0) is 80.1 Å². The van der Waals surface area contributed by atoms with Crippen LogP contribution in [0.25, 0.3) is 27.8 Å². The highest BCUT2D eigenvalue weighted by Gasteiger charge is 2.35. The Labute approximate surface area is 266 Å². The number of aryl methyl sites for hydroxylation is 1. The lowest BCUT2D eigenvalue weighted by molar-refractivity contribution is 0.0599. The van der Waals surface area contributed by atoms with Crippen molar-refractivity contribution < 1.29 is 19.1 Å². The molecular weight excluding hydrogens is 583 g/mol. The molecule has 1 aliphatic carbocycles. The third-order valence-corrected chi connectivity index (χ3v) is 9.90. The van der Waals surface area contributed by atoms with Gasteiger partial charge in [-0.3, -0.25) is 9.59 Å². The van der Waals surface area contributed by atoms with E-state index >= 15 is 0 Å². The van der Waals surface area contributed by atoms with E-state index in [-0.39, 0.29) is 42.5 Å². The van der Waals surface area contributed by atoms with E-state index in [9.17, 15) is 19.1 Å². The third kappa shape index (κ3) is 5.01. The van der Waals surface area contributed by atoms with Gasteiger partial charge in [0.05, 0.1) is 28.8 Å². The van der Waals surface area contributed by atoms with Crippen molar-refractivity contribution in [2.45, 2.75) is 50.9 Å². The molecule has 236 valence electrons. The maximum absolute atomic E-state index is 14.2. The number of aromatic hydroxyl groups is 1. The molecule has 8 rings (SSSR count). The number of phenolic OH excluding ortho intramolecular Hbond substituents is 1. The van der Waals surface area contributed by atoms with E-state index in [1.54, 1.807) is 41.0 Å². The van der Waals surface area contributed by atoms with Crippen molar-refractivity contribution in [1.82, 2.24) is 24.0 Å². The van der Waals surface area contributed by atoms with E-state index in [2.05, 4.69) is 35.8 Å². The molecule has 9 nitrogen and oxygen atoms in total. The maximum Gasteiger partial charge on any atom is 0.255 e. The minimum Gasteiger partial charge on any atom is -0.508 e. The van der Waals surface area contributed by atoms with Crippen molar-refractivity contribution in [1.29, 1.82) is 0 Å². The fourth-order valence-corrected chi connectivity index (χ4v) is 7.22. The summed E-state index contributed by atoms with van der Waals surface area (Å²) in [4.78, 5) is 29.8. The van der Waals surface area contributed by atoms with E-state index in [4.69, 9.17) is 10.8 Å². The van der Waals surface area contributed by atoms with Crippen LogP contribution in [0.1, 0.15) is 57.0 Å². The monoisotopic (exact) mass is 620 g/mol. The van der Waals surface area contributed by atoms with E-state index in [1.807, 2.05) is 11.0 Å². The predicted octanol–water partition coefficient (Wildman–Crippen LogP) is 5.13. The highest BCUT2D eigenvalue weighted by Crippen LogP contribution is 2.41. The quantitative estimate of drug-likeness (QED) is 0.274. The number of carbonyl (C=O) groups is 2. The summed E-state index contributed by atoms with van der Waals surface area (Å²) in [6.45, 7) is 4.63. The van der Waals surface area contributed by atoms with Gasteiger partial charge in [0.1, 0.15) is 17.6 Å². The molecule has 2 aromatic carbocycles. The largest absolute Gasteiger partial charge is 0.508 e. The molecular formula is C36H37FN6O3. The first-order valence-corrected chi connectivity index (χ1v) is 16.1. The van der Waals surface area contributed by atoms with Gasteiger partial charge >= 0.3 is 0 Å². The molecule has 3 aliphatic rings. The molecule has 3 fully saturated rings. The summed E-state index contributed by atoms with van der Waals surface area (Å²) in [5.74, 6) is 0.718. The molecule has 2 aliphatic heterocycles. The number of halogens is 1. The lowest BCUT2D eigenvalue weighted by Gasteiger charge is -2.40. The number of nitrogens with zero attached hydrogens (tertiary/aromatic N) is 5. The fourth-order valence-electron chi connectivity index (χ4n) is 7.22. The number of para-hydroxylation sites is 1. The van der Waals surface area contributed by atoms with Crippen LogP contribution in [0.3, 0.4) is 0 Å². The Kier molecular flexibility index (Phi) is 6.86. The van der Waals surface area contributed by atoms with Crippen molar-refractivity contribution in [2.24, 2.45) is 11.7 Å². The number of carbonyl (C=O) groups excluding carboxylic acids is 2. The molecule has 0 unspecified atom stereocenters. The number of hydrogen-bond donors (Lipinski definition) is 2. The topological polar surface area (TPSA) is 109 Å². The maximum atomic E-state index is 14.2. The first kappa shape index (κ1) is 28.8. The first-order chi connectivity index (χ1) is 22.2. The highest BCUT2D eigenvalue weighted by molar-refractivity contribution is 5.96. The molecule has 10 heteroatoms. The Morgan fingerprint density at radius 2 is 1.67 bits per heavy atom. The van der Waals surface area contributed by atoms with E-state index in [0.717, 1.165) is 34.4 Å². The van der Waals surface area contributed by atoms with Crippen LogP contribution in [-0.2, 0) is 6.54 Å². The van der Waals surface area contributed by atoms with Gasteiger partial charge in [-0.15, -0.1) is 0 Å². The van der Waals surface area contributed by atoms with Gasteiger partial charge in [0, 0.05) is 60.8 Å². The second kappa shape index (κ2) is 11.0. The van der Waals surface area contributed by atoms with E-state index in [1.165, 1.54) is 28.8 Å². The number of nitrogens with two attached hydrogens (primary N) is 1. The summed E-state index contributed by atoms with van der Waals surface area (Å²) in [5, 5.41) is 15.8. The smallest absolute Gasteiger partial charge is 0.255 e. The van der Waals surface area contributed by atoms with Gasteiger partial charge in [-0.25, -0.2) is 8.91 Å². The minimum absolute atomic E-state index is 0.0247. The zero-order valence-corrected chi connectivity index (χ0v) is 25.8. The summed E-state index contributed by atoms with van der Waals surface area (Å²) in [6.07, 6.45) is 3.31. The third-order valence-electron chi connectivity index (χ3n) is 9.90. The SMILES string of the molecule is Cc1c(-c2cc3cccc(C4CN(C(=O)c5ccc(O)cc5)C4)c3n2CC2CC2)nn2cc(C(=O)N3C[C@H](N)C[C@@H](F)C3)ccc12. The molecule has 0 spiro atoms. The average Bonchev–Trinajstić information content (AvgIpc) is 3.68. The molecule has 2 atom stereocenters. The Balaban J connectivity index is 1.13. The molecule has 5 heterocycles. The van der Waals surface area contributed by atoms with Crippen molar-refractivity contribution in [2.75, 3.05) is 26.2 Å². The molecule has 46 heavy (non-hydrogen) atoms. The van der Waals surface area contributed by atoms with Crippen molar-refractivity contribution in [3.05, 3.63) is 89.1 Å². The van der Waals surface area contributed by atoms with Crippen LogP contribution in [0.4, 0.5) is 4.39 Å². The van der Waals surface area contributed by atoms with Crippen LogP contribution in [0.2, 0.25) is 0 Å². The van der Waals surface area contributed by atoms with Gasteiger partial charge in [-0.1, -0.05) is 18.2 Å². The lowest BCUT2D eigenvalue weighted by atomic mass is 9.89. The molecule has 1 saturated carbocycles. The number of alkyl halides is 1. The molecule has 3 aromatic heterocycles. The number of phenols is 1. The summed E-state index contributed by atoms with van der Waals surface area (Å²) in [7, 11) is 0. The van der Waals surface area contributed by atoms with Crippen molar-refractivity contribution in [3.8, 4) is 17.1 Å². The first-order valence-electron chi connectivity index (χ1n) is 16.1. The van der Waals surface area contributed by atoms with Crippen LogP contribution >= 0.6 is 0 Å². The number of hydrogen-bond acceptors (Lipinski definition) is 5. The second-order valence-corrected chi connectivity index (χ2v) is 13.3. The standard InChI is InChI=1S/C36H37FN6O3/c1-21-31-12-9-25(36(46)41-19-27(37)14-28(38)20-41)18-43(31)39-33(21)32-13-24-3-2-4-30(34(24)42(32)15-22-5-6-22)26-16-40(17-26)35(45)23-7-10-29(44)11-8-23/h2-4,7-13,18,22,26-28,44H,5-6,14-17,19-20,38H2,1H3/t27-,28-/m1/s1. The van der Waals surface area contributed by atoms with Gasteiger partial charge < -0.3 is 25.2 Å². The Hall–Kier alpha value is -4.70. The number of fused-ring (bicyclic) bond motifs is 2. The van der Waals surface area contributed by atoms with Crippen LogP contribution in [0.5, 0.6) is 5.75 Å². The average molecular weight is 621 g/mol. The molecule has 3 N–H and O–H groups in total. The van der Waals surface area contributed by atoms with Crippen molar-refractivity contribution in [3.63, 3.8) is 0 Å². The predicted molar refractivity (Wildman–Crippen MR) is 174 cm³/mol. The lowest BCUT2D eigenvalue weighted by Crippen LogP contribution is -2.50. The normalized spacial score (nSPS) is 20.4. The van der Waals surface area contributed by atoms with Crippen LogP contribution in [-0.4, -0.2) is 79.3 Å². The molecule has 0 bridgehead atoms. The highest BCUT2D eigenvalue weighted by atomic mass is 19.1. The zero-order valence-electron chi connectivity index (χ0n) is 25.8. The molecule has 2 saturated heterocycles. The summed E-state index contributed by atoms with van der Waals surface area (Å²) < 4.78 is 18.4. The summed E-state index contributed by atoms with van der Waals surface area (Å²) in [6, 6.07) is 18.4. The van der Waals surface area contributed by atoms with Gasteiger partial charge in [0.25, 0.3) is 11.8 Å². The zero-order chi connectivity index (χ0) is 31.7. The molecule has 2 amide bonds. The van der Waals surface area contributed by atoms with Gasteiger partial charge in [0.15, 0.2) is 0 Å². The fraction of sp³-hybridized carbons (Fsp3) is 0.361. The number of amides is 2. The van der Waals surface area contributed by atoms with E-state index in [0.29, 0.717) is 36.7 Å². The van der Waals surface area contributed by atoms with Crippen LogP contribution in [0.15, 0.2) is 66.9 Å². The van der Waals surface area contributed by atoms with Crippen LogP contribution < -0.4 is 5.73 Å². The number of likely N-dealkylation sites (tertiary alicyclic amines) is 2. The second-order valence-electron chi connectivity index (χ2n) is 13.3. The van der Waals surface area contributed by atoms with Crippen LogP contribution in [0, 0.1) is 12.8 Å². The van der Waals surface area contributed by atoms with E-state index < -0.39 is 6.17 Å². The summed E-state index contributed by atoms with van der Waals surface area (Å²) in [5.41, 5.74) is 13.3.